The first kappa shape index (κ1) is 26.6. The second-order valence-corrected chi connectivity index (χ2v) is 10.4. The van der Waals surface area contributed by atoms with Crippen molar-refractivity contribution in [3.63, 3.8) is 0 Å². The molecule has 1 aliphatic carbocycles. The van der Waals surface area contributed by atoms with Crippen molar-refractivity contribution >= 4 is 28.4 Å². The molecule has 1 fully saturated rings. The Morgan fingerprint density at radius 3 is 2.81 bits per heavy atom. The molecule has 1 aromatic heterocycles. The number of allylic oxidation sites excluding steroid dienone is 3. The van der Waals surface area contributed by atoms with Crippen LogP contribution in [0.2, 0.25) is 0 Å². The van der Waals surface area contributed by atoms with E-state index >= 15 is 0 Å². The summed E-state index contributed by atoms with van der Waals surface area (Å²) in [6.45, 7) is 1.71. The van der Waals surface area contributed by atoms with Gasteiger partial charge in [0.05, 0.1) is 41.6 Å². The Balaban J connectivity index is 1.85. The number of aliphatic hydroxyl groups excluding tert-OH is 3. The highest BCUT2D eigenvalue weighted by Crippen LogP contribution is 2.45. The number of nitrogens with two attached hydrogens (primary N) is 1. The summed E-state index contributed by atoms with van der Waals surface area (Å²) in [6, 6.07) is 5.05. The van der Waals surface area contributed by atoms with Crippen LogP contribution >= 0.6 is 11.6 Å². The van der Waals surface area contributed by atoms with Gasteiger partial charge < -0.3 is 26.0 Å². The summed E-state index contributed by atoms with van der Waals surface area (Å²) in [5.41, 5.74) is 9.83. The topological polar surface area (TPSA) is 120 Å². The lowest BCUT2D eigenvalue weighted by Crippen LogP contribution is -2.47. The fraction of sp³-hybridized carbons (Fsp3) is 0.500. The fourth-order valence-electron chi connectivity index (χ4n) is 5.77. The highest BCUT2D eigenvalue weighted by molar-refractivity contribution is 6.29. The Morgan fingerprint density at radius 2 is 2.11 bits per heavy atom. The number of aliphatic hydroxyl groups is 3. The van der Waals surface area contributed by atoms with Gasteiger partial charge in [-0.05, 0) is 49.5 Å². The number of carbonyl (C=O) groups is 1. The summed E-state index contributed by atoms with van der Waals surface area (Å²) in [4.78, 5) is 20.4. The van der Waals surface area contributed by atoms with Crippen LogP contribution in [-0.4, -0.2) is 56.0 Å². The van der Waals surface area contributed by atoms with Gasteiger partial charge >= 0.3 is 0 Å². The normalized spacial score (nSPS) is 23.9. The first-order valence-electron chi connectivity index (χ1n) is 12.9. The van der Waals surface area contributed by atoms with E-state index in [1.165, 1.54) is 0 Å². The second kappa shape index (κ2) is 11.7. The van der Waals surface area contributed by atoms with Crippen LogP contribution in [-0.2, 0) is 6.42 Å². The smallest absolute Gasteiger partial charge is 0.255 e. The van der Waals surface area contributed by atoms with E-state index in [0.717, 1.165) is 53.3 Å². The van der Waals surface area contributed by atoms with E-state index in [0.29, 0.717) is 24.8 Å². The predicted molar refractivity (Wildman–Crippen MR) is 141 cm³/mol. The molecule has 36 heavy (non-hydrogen) atoms. The number of hydrogen-bond donors (Lipinski definition) is 4. The molecule has 4 rings (SSSR count). The molecule has 0 spiro atoms. The largest absolute Gasteiger partial charge is 0.394 e. The van der Waals surface area contributed by atoms with Crippen LogP contribution in [0.3, 0.4) is 0 Å². The number of carbonyl (C=O) groups excluding carboxylic acids is 1. The van der Waals surface area contributed by atoms with Crippen LogP contribution in [0.4, 0.5) is 0 Å². The van der Waals surface area contributed by atoms with Crippen molar-refractivity contribution in [2.45, 2.75) is 82.6 Å². The number of nitrogens with zero attached hydrogens (tertiary/aromatic N) is 2. The highest BCUT2D eigenvalue weighted by Gasteiger charge is 2.45. The molecule has 1 amide bonds. The first-order chi connectivity index (χ1) is 17.3. The summed E-state index contributed by atoms with van der Waals surface area (Å²) in [5, 5.41) is 32.0. The third kappa shape index (κ3) is 5.44. The number of amides is 1. The van der Waals surface area contributed by atoms with Gasteiger partial charge in [0.2, 0.25) is 0 Å². The van der Waals surface area contributed by atoms with Crippen molar-refractivity contribution in [2.75, 3.05) is 6.61 Å². The standard InChI is InChI=1S/C28H36ClN3O4/c1-2-6-17(10-11-25(29)30)13-18-14-21-26(27-20(18)7-5-12-31-27)23(15-19(34)16-33)32(28(21)36)22-8-3-4-9-24(22)35/h5,7,10-12,14,19,22-24,33-35H,2-4,6,8-9,13,15-16,30H2,1H3/b17-10+,25-11-. The lowest BCUT2D eigenvalue weighted by Gasteiger charge is -2.39. The molecule has 2 heterocycles. The Morgan fingerprint density at radius 1 is 1.33 bits per heavy atom. The Kier molecular flexibility index (Phi) is 8.67. The first-order valence-corrected chi connectivity index (χ1v) is 13.2. The van der Waals surface area contributed by atoms with Gasteiger partial charge in [0, 0.05) is 29.1 Å². The van der Waals surface area contributed by atoms with Gasteiger partial charge in [-0.15, -0.1) is 0 Å². The van der Waals surface area contributed by atoms with Crippen molar-refractivity contribution in [2.24, 2.45) is 5.73 Å². The van der Waals surface area contributed by atoms with Crippen molar-refractivity contribution in [3.8, 4) is 0 Å². The SMILES string of the molecule is CCC/C(=C\C=C(/N)Cl)Cc1cc2c(c3ncccc13)C(CC(O)CO)N(C1CCCCC1O)C2=O. The van der Waals surface area contributed by atoms with Crippen LogP contribution in [0.15, 0.2) is 47.3 Å². The molecular weight excluding hydrogens is 478 g/mol. The predicted octanol–water partition coefficient (Wildman–Crippen LogP) is 4.09. The summed E-state index contributed by atoms with van der Waals surface area (Å²) in [6.07, 6.45) is 9.58. The van der Waals surface area contributed by atoms with Gasteiger partial charge in [0.25, 0.3) is 5.91 Å². The number of halogens is 1. The average Bonchev–Trinajstić information content (AvgIpc) is 3.13. The summed E-state index contributed by atoms with van der Waals surface area (Å²) < 4.78 is 0. The quantitative estimate of drug-likeness (QED) is 0.296. The minimum atomic E-state index is -0.984. The molecule has 7 nitrogen and oxygen atoms in total. The van der Waals surface area contributed by atoms with Gasteiger partial charge in [0.1, 0.15) is 0 Å². The number of aromatic nitrogens is 1. The second-order valence-electron chi connectivity index (χ2n) is 9.92. The fourth-order valence-corrected chi connectivity index (χ4v) is 5.84. The van der Waals surface area contributed by atoms with E-state index in [4.69, 9.17) is 22.3 Å². The zero-order chi connectivity index (χ0) is 25.8. The molecule has 194 valence electrons. The molecule has 0 radical (unpaired) electrons. The molecule has 8 heteroatoms. The van der Waals surface area contributed by atoms with Crippen molar-refractivity contribution in [3.05, 3.63) is 64.0 Å². The molecular formula is C28H36ClN3O4. The molecule has 1 saturated carbocycles. The molecule has 2 aliphatic rings. The maximum Gasteiger partial charge on any atom is 0.255 e. The molecule has 4 atom stereocenters. The van der Waals surface area contributed by atoms with Crippen molar-refractivity contribution < 1.29 is 20.1 Å². The van der Waals surface area contributed by atoms with Gasteiger partial charge in [-0.2, -0.15) is 0 Å². The number of pyridine rings is 1. The molecule has 0 saturated heterocycles. The van der Waals surface area contributed by atoms with E-state index in [1.807, 2.05) is 24.3 Å². The third-order valence-electron chi connectivity index (χ3n) is 7.38. The number of rotatable bonds is 9. The van der Waals surface area contributed by atoms with Crippen LogP contribution in [0.5, 0.6) is 0 Å². The van der Waals surface area contributed by atoms with E-state index < -0.39 is 24.9 Å². The van der Waals surface area contributed by atoms with E-state index in [1.54, 1.807) is 17.2 Å². The number of fused-ring (bicyclic) bond motifs is 3. The van der Waals surface area contributed by atoms with E-state index in [-0.39, 0.29) is 23.5 Å². The summed E-state index contributed by atoms with van der Waals surface area (Å²) in [5.74, 6) is -0.147. The average molecular weight is 514 g/mol. The van der Waals surface area contributed by atoms with Gasteiger partial charge in [-0.25, -0.2) is 0 Å². The zero-order valence-electron chi connectivity index (χ0n) is 20.7. The summed E-state index contributed by atoms with van der Waals surface area (Å²) in [7, 11) is 0. The number of hydrogen-bond acceptors (Lipinski definition) is 6. The maximum atomic E-state index is 13.9. The van der Waals surface area contributed by atoms with Gasteiger partial charge in [-0.3, -0.25) is 9.78 Å². The van der Waals surface area contributed by atoms with E-state index in [2.05, 4.69) is 6.92 Å². The number of benzene rings is 1. The molecule has 5 N–H and O–H groups in total. The van der Waals surface area contributed by atoms with Crippen molar-refractivity contribution in [1.82, 2.24) is 9.88 Å². The maximum absolute atomic E-state index is 13.9. The highest BCUT2D eigenvalue weighted by atomic mass is 35.5. The Labute approximate surface area is 217 Å². The zero-order valence-corrected chi connectivity index (χ0v) is 21.5. The van der Waals surface area contributed by atoms with Gasteiger partial charge in [-0.1, -0.05) is 55.5 Å². The van der Waals surface area contributed by atoms with Crippen LogP contribution in [0, 0.1) is 0 Å². The molecule has 2 aromatic rings. The minimum Gasteiger partial charge on any atom is -0.394 e. The Hall–Kier alpha value is -2.45. The van der Waals surface area contributed by atoms with Gasteiger partial charge in [0.15, 0.2) is 0 Å². The minimum absolute atomic E-state index is 0.147. The Bertz CT molecular complexity index is 1160. The van der Waals surface area contributed by atoms with Crippen LogP contribution in [0.25, 0.3) is 10.9 Å². The molecule has 1 aromatic carbocycles. The lowest BCUT2D eigenvalue weighted by molar-refractivity contribution is -0.00611. The monoisotopic (exact) mass is 513 g/mol. The molecule has 0 bridgehead atoms. The molecule has 1 aliphatic heterocycles. The summed E-state index contributed by atoms with van der Waals surface area (Å²) >= 11 is 5.86. The van der Waals surface area contributed by atoms with E-state index in [9.17, 15) is 20.1 Å². The third-order valence-corrected chi connectivity index (χ3v) is 7.50. The van der Waals surface area contributed by atoms with Crippen molar-refractivity contribution in [1.29, 1.82) is 0 Å². The van der Waals surface area contributed by atoms with Crippen LogP contribution < -0.4 is 5.73 Å². The lowest BCUT2D eigenvalue weighted by atomic mass is 9.88. The molecule has 4 unspecified atom stereocenters. The van der Waals surface area contributed by atoms with Crippen LogP contribution in [0.1, 0.15) is 79.4 Å².